The zero-order valence-electron chi connectivity index (χ0n) is 15.1. The third-order valence-electron chi connectivity index (χ3n) is 3.63. The molecule has 0 saturated carbocycles. The van der Waals surface area contributed by atoms with Crippen molar-refractivity contribution in [1.82, 2.24) is 4.90 Å². The average molecular weight is 342 g/mol. The molecule has 2 aromatic rings. The standard InChI is InChI=1S/C20H26N2O3/c1-4-24-18-12-10-17(11-13-18)21-19(16-8-6-5-7-9-16)20(23)25-15-14-22(2)3/h5-13,19,21H,4,14-15H2,1-3H3. The van der Waals surface area contributed by atoms with Crippen LogP contribution in [-0.2, 0) is 9.53 Å². The molecule has 0 aromatic heterocycles. The van der Waals surface area contributed by atoms with Gasteiger partial charge in [-0.05, 0) is 50.8 Å². The molecule has 2 aromatic carbocycles. The van der Waals surface area contributed by atoms with E-state index in [4.69, 9.17) is 9.47 Å². The Morgan fingerprint density at radius 1 is 1.08 bits per heavy atom. The van der Waals surface area contributed by atoms with E-state index in [1.807, 2.05) is 80.5 Å². The summed E-state index contributed by atoms with van der Waals surface area (Å²) < 4.78 is 10.9. The highest BCUT2D eigenvalue weighted by atomic mass is 16.5. The van der Waals surface area contributed by atoms with Gasteiger partial charge < -0.3 is 19.7 Å². The van der Waals surface area contributed by atoms with Gasteiger partial charge in [-0.15, -0.1) is 0 Å². The molecule has 0 aliphatic rings. The van der Waals surface area contributed by atoms with Gasteiger partial charge >= 0.3 is 5.97 Å². The van der Waals surface area contributed by atoms with E-state index >= 15 is 0 Å². The summed E-state index contributed by atoms with van der Waals surface area (Å²) in [6, 6.07) is 16.6. The Morgan fingerprint density at radius 2 is 1.76 bits per heavy atom. The van der Waals surface area contributed by atoms with Crippen LogP contribution in [-0.4, -0.2) is 44.7 Å². The first kappa shape index (κ1) is 18.8. The SMILES string of the molecule is CCOc1ccc(NC(C(=O)OCCN(C)C)c2ccccc2)cc1. The van der Waals surface area contributed by atoms with E-state index in [1.165, 1.54) is 0 Å². The summed E-state index contributed by atoms with van der Waals surface area (Å²) in [5.41, 5.74) is 1.70. The van der Waals surface area contributed by atoms with Crippen LogP contribution in [0.3, 0.4) is 0 Å². The van der Waals surface area contributed by atoms with Crippen LogP contribution in [0.2, 0.25) is 0 Å². The molecule has 134 valence electrons. The van der Waals surface area contributed by atoms with Crippen LogP contribution in [0.4, 0.5) is 5.69 Å². The highest BCUT2D eigenvalue weighted by Crippen LogP contribution is 2.23. The minimum Gasteiger partial charge on any atom is -0.494 e. The molecule has 0 aliphatic heterocycles. The van der Waals surface area contributed by atoms with Crippen LogP contribution in [0, 0.1) is 0 Å². The molecule has 1 N–H and O–H groups in total. The number of likely N-dealkylation sites (N-methyl/N-ethyl adjacent to an activating group) is 1. The second-order valence-electron chi connectivity index (χ2n) is 5.92. The van der Waals surface area contributed by atoms with Gasteiger partial charge in [0.1, 0.15) is 12.4 Å². The quantitative estimate of drug-likeness (QED) is 0.708. The topological polar surface area (TPSA) is 50.8 Å². The van der Waals surface area contributed by atoms with Gasteiger partial charge in [-0.3, -0.25) is 0 Å². The summed E-state index contributed by atoms with van der Waals surface area (Å²) in [5, 5.41) is 3.26. The largest absolute Gasteiger partial charge is 0.494 e. The first-order chi connectivity index (χ1) is 12.1. The van der Waals surface area contributed by atoms with Crippen molar-refractivity contribution in [2.45, 2.75) is 13.0 Å². The number of nitrogens with one attached hydrogen (secondary N) is 1. The second kappa shape index (κ2) is 9.69. The third kappa shape index (κ3) is 6.12. The van der Waals surface area contributed by atoms with Gasteiger partial charge in [0.25, 0.3) is 0 Å². The number of esters is 1. The Hall–Kier alpha value is -2.53. The Morgan fingerprint density at radius 3 is 2.36 bits per heavy atom. The number of hydrogen-bond acceptors (Lipinski definition) is 5. The third-order valence-corrected chi connectivity index (χ3v) is 3.63. The lowest BCUT2D eigenvalue weighted by Crippen LogP contribution is -2.26. The van der Waals surface area contributed by atoms with Gasteiger partial charge in [0.2, 0.25) is 0 Å². The van der Waals surface area contributed by atoms with Crippen LogP contribution >= 0.6 is 0 Å². The van der Waals surface area contributed by atoms with Crippen LogP contribution in [0.25, 0.3) is 0 Å². The zero-order valence-corrected chi connectivity index (χ0v) is 15.1. The maximum atomic E-state index is 12.6. The lowest BCUT2D eigenvalue weighted by atomic mass is 10.1. The van der Waals surface area contributed by atoms with Crippen LogP contribution in [0.5, 0.6) is 5.75 Å². The number of nitrogens with zero attached hydrogens (tertiary/aromatic N) is 1. The molecule has 0 aliphatic carbocycles. The van der Waals surface area contributed by atoms with Crippen molar-refractivity contribution >= 4 is 11.7 Å². The van der Waals surface area contributed by atoms with Crippen LogP contribution < -0.4 is 10.1 Å². The maximum absolute atomic E-state index is 12.6. The van der Waals surface area contributed by atoms with Gasteiger partial charge in [0.05, 0.1) is 6.61 Å². The van der Waals surface area contributed by atoms with E-state index < -0.39 is 6.04 Å². The molecule has 5 nitrogen and oxygen atoms in total. The summed E-state index contributed by atoms with van der Waals surface area (Å²) in [7, 11) is 3.89. The van der Waals surface area contributed by atoms with Gasteiger partial charge in [-0.25, -0.2) is 4.79 Å². The van der Waals surface area contributed by atoms with E-state index in [0.717, 1.165) is 17.0 Å². The van der Waals surface area contributed by atoms with Crippen molar-refractivity contribution in [3.05, 3.63) is 60.2 Å². The molecule has 1 atom stereocenters. The predicted molar refractivity (Wildman–Crippen MR) is 99.9 cm³/mol. The second-order valence-corrected chi connectivity index (χ2v) is 5.92. The predicted octanol–water partition coefficient (Wildman–Crippen LogP) is 3.34. The summed E-state index contributed by atoms with van der Waals surface area (Å²) in [6.45, 7) is 3.62. The van der Waals surface area contributed by atoms with E-state index in [0.29, 0.717) is 19.8 Å². The molecule has 0 amide bonds. The number of benzene rings is 2. The smallest absolute Gasteiger partial charge is 0.333 e. The highest BCUT2D eigenvalue weighted by molar-refractivity contribution is 5.81. The van der Waals surface area contributed by atoms with E-state index in [2.05, 4.69) is 5.32 Å². The van der Waals surface area contributed by atoms with Crippen molar-refractivity contribution in [2.24, 2.45) is 0 Å². The molecule has 0 heterocycles. The number of ether oxygens (including phenoxy) is 2. The van der Waals surface area contributed by atoms with Crippen molar-refractivity contribution < 1.29 is 14.3 Å². The van der Waals surface area contributed by atoms with Gasteiger partial charge in [0, 0.05) is 12.2 Å². The first-order valence-electron chi connectivity index (χ1n) is 8.46. The fourth-order valence-electron chi connectivity index (χ4n) is 2.32. The molecule has 25 heavy (non-hydrogen) atoms. The van der Waals surface area contributed by atoms with Crippen molar-refractivity contribution in [1.29, 1.82) is 0 Å². The van der Waals surface area contributed by atoms with Crippen molar-refractivity contribution in [3.8, 4) is 5.75 Å². The van der Waals surface area contributed by atoms with Crippen LogP contribution in [0.1, 0.15) is 18.5 Å². The Kier molecular flexibility index (Phi) is 7.29. The molecule has 0 bridgehead atoms. The Balaban J connectivity index is 2.10. The van der Waals surface area contributed by atoms with E-state index in [1.54, 1.807) is 0 Å². The molecule has 0 fully saturated rings. The summed E-state index contributed by atoms with van der Waals surface area (Å²) >= 11 is 0. The minimum absolute atomic E-state index is 0.290. The van der Waals surface area contributed by atoms with Crippen molar-refractivity contribution in [2.75, 3.05) is 39.2 Å². The van der Waals surface area contributed by atoms with Gasteiger partial charge in [0.15, 0.2) is 6.04 Å². The summed E-state index contributed by atoms with van der Waals surface area (Å²) in [4.78, 5) is 14.5. The summed E-state index contributed by atoms with van der Waals surface area (Å²) in [5.74, 6) is 0.514. The van der Waals surface area contributed by atoms with Crippen molar-refractivity contribution in [3.63, 3.8) is 0 Å². The van der Waals surface area contributed by atoms with E-state index in [9.17, 15) is 4.79 Å². The molecule has 2 rings (SSSR count). The highest BCUT2D eigenvalue weighted by Gasteiger charge is 2.22. The monoisotopic (exact) mass is 342 g/mol. The Labute approximate surface area is 149 Å². The molecule has 0 saturated heterocycles. The minimum atomic E-state index is -0.554. The molecule has 1 unspecified atom stereocenters. The number of carbonyl (C=O) groups is 1. The van der Waals surface area contributed by atoms with Gasteiger partial charge in [-0.2, -0.15) is 0 Å². The van der Waals surface area contributed by atoms with E-state index in [-0.39, 0.29) is 5.97 Å². The molecule has 0 radical (unpaired) electrons. The molecule has 5 heteroatoms. The fraction of sp³-hybridized carbons (Fsp3) is 0.350. The lowest BCUT2D eigenvalue weighted by Gasteiger charge is -2.20. The first-order valence-corrected chi connectivity index (χ1v) is 8.46. The maximum Gasteiger partial charge on any atom is 0.333 e. The van der Waals surface area contributed by atoms with Crippen LogP contribution in [0.15, 0.2) is 54.6 Å². The number of hydrogen-bond donors (Lipinski definition) is 1. The average Bonchev–Trinajstić information content (AvgIpc) is 2.61. The lowest BCUT2D eigenvalue weighted by molar-refractivity contribution is -0.145. The number of anilines is 1. The molecular weight excluding hydrogens is 316 g/mol. The normalized spacial score (nSPS) is 11.8. The number of rotatable bonds is 9. The Bertz CT molecular complexity index is 642. The fourth-order valence-corrected chi connectivity index (χ4v) is 2.32. The molecular formula is C20H26N2O3. The zero-order chi connectivity index (χ0) is 18.1. The molecule has 0 spiro atoms. The summed E-state index contributed by atoms with van der Waals surface area (Å²) in [6.07, 6.45) is 0. The van der Waals surface area contributed by atoms with Gasteiger partial charge in [-0.1, -0.05) is 30.3 Å². The number of carbonyl (C=O) groups excluding carboxylic acids is 1.